The van der Waals surface area contributed by atoms with Crippen LogP contribution in [0.25, 0.3) is 0 Å². The average Bonchev–Trinajstić information content (AvgIpc) is 2.23. The molecule has 0 heterocycles. The van der Waals surface area contributed by atoms with Crippen molar-refractivity contribution in [2.75, 3.05) is 13.1 Å². The van der Waals surface area contributed by atoms with Gasteiger partial charge in [-0.3, -0.25) is 0 Å². The molecule has 1 fully saturated rings. The minimum Gasteiger partial charge on any atom is -0.330 e. The van der Waals surface area contributed by atoms with Crippen LogP contribution in [-0.2, 0) is 0 Å². The largest absolute Gasteiger partial charge is 0.330 e. The number of nitrogens with one attached hydrogen (secondary N) is 1. The Bertz CT molecular complexity index is 240. The molecule has 2 nitrogen and oxygen atoms in total. The molecule has 0 aromatic rings. The number of hydrogen-bond donors (Lipinski definition) is 2. The lowest BCUT2D eigenvalue weighted by Gasteiger charge is -2.37. The highest BCUT2D eigenvalue weighted by Gasteiger charge is 2.28. The molecule has 0 aromatic heterocycles. The van der Waals surface area contributed by atoms with Crippen molar-refractivity contribution in [3.63, 3.8) is 0 Å². The summed E-state index contributed by atoms with van der Waals surface area (Å²) in [5, 5.41) is 3.79. The van der Waals surface area contributed by atoms with Gasteiger partial charge in [-0.1, -0.05) is 33.6 Å². The molecule has 0 spiro atoms. The lowest BCUT2D eigenvalue weighted by atomic mass is 9.78. The van der Waals surface area contributed by atoms with Gasteiger partial charge in [-0.25, -0.2) is 0 Å². The minimum absolute atomic E-state index is 0.231. The van der Waals surface area contributed by atoms with Crippen LogP contribution in [0.3, 0.4) is 0 Å². The van der Waals surface area contributed by atoms with Crippen molar-refractivity contribution in [3.8, 4) is 0 Å². The fourth-order valence-electron chi connectivity index (χ4n) is 3.66. The van der Waals surface area contributed by atoms with Crippen LogP contribution in [0.1, 0.15) is 66.7 Å². The van der Waals surface area contributed by atoms with Crippen molar-refractivity contribution in [2.45, 2.75) is 72.3 Å². The zero-order chi connectivity index (χ0) is 13.8. The van der Waals surface area contributed by atoms with E-state index in [0.717, 1.165) is 24.9 Å². The minimum atomic E-state index is 0.231. The van der Waals surface area contributed by atoms with Gasteiger partial charge in [0.05, 0.1) is 0 Å². The van der Waals surface area contributed by atoms with E-state index in [2.05, 4.69) is 39.9 Å². The molecule has 2 heteroatoms. The van der Waals surface area contributed by atoms with Gasteiger partial charge in [0.15, 0.2) is 0 Å². The van der Waals surface area contributed by atoms with Gasteiger partial charge in [0.1, 0.15) is 0 Å². The predicted molar refractivity (Wildman–Crippen MR) is 80.7 cm³/mol. The van der Waals surface area contributed by atoms with E-state index in [1.165, 1.54) is 32.1 Å². The van der Waals surface area contributed by atoms with Gasteiger partial charge in [0, 0.05) is 5.54 Å². The molecule has 2 atom stereocenters. The zero-order valence-corrected chi connectivity index (χ0v) is 13.2. The quantitative estimate of drug-likeness (QED) is 0.787. The average molecular weight is 254 g/mol. The standard InChI is InChI=1S/C16H34N2/c1-15(2,3)12-16(4,5)18-11-14-9-7-6-8-13(14)10-17/h13-14,18H,6-12,17H2,1-5H3. The van der Waals surface area contributed by atoms with Crippen LogP contribution in [0.4, 0.5) is 0 Å². The molecule has 1 rings (SSSR count). The van der Waals surface area contributed by atoms with Crippen molar-refractivity contribution < 1.29 is 0 Å². The Labute approximate surface area is 114 Å². The summed E-state index contributed by atoms with van der Waals surface area (Å²) < 4.78 is 0. The Morgan fingerprint density at radius 3 is 2.06 bits per heavy atom. The molecule has 1 aliphatic carbocycles. The molecule has 108 valence electrons. The third-order valence-corrected chi connectivity index (χ3v) is 4.18. The van der Waals surface area contributed by atoms with Gasteiger partial charge in [-0.2, -0.15) is 0 Å². The molecule has 18 heavy (non-hydrogen) atoms. The summed E-state index contributed by atoms with van der Waals surface area (Å²) in [5.74, 6) is 1.54. The highest BCUT2D eigenvalue weighted by Crippen LogP contribution is 2.31. The van der Waals surface area contributed by atoms with Crippen LogP contribution in [0.2, 0.25) is 0 Å². The summed E-state index contributed by atoms with van der Waals surface area (Å²) in [6.07, 6.45) is 6.68. The Morgan fingerprint density at radius 2 is 1.56 bits per heavy atom. The molecular formula is C16H34N2. The van der Waals surface area contributed by atoms with Crippen LogP contribution in [-0.4, -0.2) is 18.6 Å². The molecule has 0 saturated heterocycles. The third-order valence-electron chi connectivity index (χ3n) is 4.18. The van der Waals surface area contributed by atoms with Crippen molar-refractivity contribution in [2.24, 2.45) is 23.0 Å². The lowest BCUT2D eigenvalue weighted by Crippen LogP contribution is -2.46. The van der Waals surface area contributed by atoms with E-state index in [1.807, 2.05) is 0 Å². The number of hydrogen-bond acceptors (Lipinski definition) is 2. The Hall–Kier alpha value is -0.0800. The van der Waals surface area contributed by atoms with Crippen LogP contribution in [0.5, 0.6) is 0 Å². The summed E-state index contributed by atoms with van der Waals surface area (Å²) >= 11 is 0. The summed E-state index contributed by atoms with van der Waals surface area (Å²) in [7, 11) is 0. The van der Waals surface area contributed by atoms with Crippen LogP contribution in [0.15, 0.2) is 0 Å². The maximum atomic E-state index is 5.91. The molecule has 1 saturated carbocycles. The maximum Gasteiger partial charge on any atom is 0.0130 e. The van der Waals surface area contributed by atoms with E-state index in [-0.39, 0.29) is 5.54 Å². The highest BCUT2D eigenvalue weighted by molar-refractivity contribution is 4.86. The van der Waals surface area contributed by atoms with E-state index >= 15 is 0 Å². The summed E-state index contributed by atoms with van der Waals surface area (Å²) in [4.78, 5) is 0. The Kier molecular flexibility index (Phi) is 5.67. The van der Waals surface area contributed by atoms with Gasteiger partial charge >= 0.3 is 0 Å². The second-order valence-electron chi connectivity index (χ2n) is 8.04. The fraction of sp³-hybridized carbons (Fsp3) is 1.00. The topological polar surface area (TPSA) is 38.0 Å². The molecule has 1 aliphatic rings. The van der Waals surface area contributed by atoms with Crippen molar-refractivity contribution in [1.29, 1.82) is 0 Å². The first-order valence-electron chi connectivity index (χ1n) is 7.69. The summed E-state index contributed by atoms with van der Waals surface area (Å²) in [5.41, 5.74) is 6.52. The second-order valence-corrected chi connectivity index (χ2v) is 8.04. The van der Waals surface area contributed by atoms with Gasteiger partial charge in [0.25, 0.3) is 0 Å². The third kappa shape index (κ3) is 5.71. The first kappa shape index (κ1) is 16.0. The Morgan fingerprint density at radius 1 is 1.00 bits per heavy atom. The SMILES string of the molecule is CC(C)(C)CC(C)(C)NCC1CCCCC1CN. The van der Waals surface area contributed by atoms with E-state index in [4.69, 9.17) is 5.73 Å². The van der Waals surface area contributed by atoms with Crippen molar-refractivity contribution >= 4 is 0 Å². The monoisotopic (exact) mass is 254 g/mol. The lowest BCUT2D eigenvalue weighted by molar-refractivity contribution is 0.189. The molecule has 2 unspecified atom stereocenters. The molecule has 0 bridgehead atoms. The van der Waals surface area contributed by atoms with Crippen LogP contribution >= 0.6 is 0 Å². The zero-order valence-electron chi connectivity index (χ0n) is 13.2. The van der Waals surface area contributed by atoms with E-state index in [1.54, 1.807) is 0 Å². The van der Waals surface area contributed by atoms with Crippen LogP contribution in [0, 0.1) is 17.3 Å². The number of rotatable bonds is 5. The Balaban J connectivity index is 2.42. The smallest absolute Gasteiger partial charge is 0.0130 e. The summed E-state index contributed by atoms with van der Waals surface area (Å²) in [6, 6.07) is 0. The van der Waals surface area contributed by atoms with Crippen LogP contribution < -0.4 is 11.1 Å². The van der Waals surface area contributed by atoms with E-state index < -0.39 is 0 Å². The van der Waals surface area contributed by atoms with E-state index in [9.17, 15) is 0 Å². The van der Waals surface area contributed by atoms with Gasteiger partial charge in [0.2, 0.25) is 0 Å². The first-order chi connectivity index (χ1) is 8.23. The molecule has 0 aliphatic heterocycles. The van der Waals surface area contributed by atoms with E-state index in [0.29, 0.717) is 5.41 Å². The molecule has 0 amide bonds. The molecule has 0 aromatic carbocycles. The molecular weight excluding hydrogens is 220 g/mol. The highest BCUT2D eigenvalue weighted by atomic mass is 15.0. The first-order valence-corrected chi connectivity index (χ1v) is 7.69. The maximum absolute atomic E-state index is 5.91. The molecule has 0 radical (unpaired) electrons. The van der Waals surface area contributed by atoms with Crippen molar-refractivity contribution in [3.05, 3.63) is 0 Å². The second kappa shape index (κ2) is 6.38. The normalized spacial score (nSPS) is 26.3. The fourth-order valence-corrected chi connectivity index (χ4v) is 3.66. The van der Waals surface area contributed by atoms with Gasteiger partial charge in [-0.15, -0.1) is 0 Å². The van der Waals surface area contributed by atoms with Gasteiger partial charge in [-0.05, 0) is 63.5 Å². The summed E-state index contributed by atoms with van der Waals surface area (Å²) in [6.45, 7) is 13.6. The van der Waals surface area contributed by atoms with Crippen molar-refractivity contribution in [1.82, 2.24) is 5.32 Å². The molecule has 3 N–H and O–H groups in total. The predicted octanol–water partition coefficient (Wildman–Crippen LogP) is 3.56. The van der Waals surface area contributed by atoms with Gasteiger partial charge < -0.3 is 11.1 Å². The number of nitrogens with two attached hydrogens (primary N) is 1.